The molecule has 1 aliphatic heterocycles. The lowest BCUT2D eigenvalue weighted by Crippen LogP contribution is -2.39. The third-order valence-electron chi connectivity index (χ3n) is 5.99. The zero-order chi connectivity index (χ0) is 26.0. The van der Waals surface area contributed by atoms with Crippen LogP contribution in [0, 0.1) is 18.7 Å². The number of halogens is 3. The number of sulfonamides is 1. The maximum absolute atomic E-state index is 13.6. The van der Waals surface area contributed by atoms with E-state index in [0.717, 1.165) is 0 Å². The molecular weight excluding hydrogens is 495 g/mol. The van der Waals surface area contributed by atoms with E-state index in [1.54, 1.807) is 13.0 Å². The van der Waals surface area contributed by atoms with Crippen LogP contribution in [0.1, 0.15) is 30.7 Å². The Balaban J connectivity index is 1.73. The number of anilines is 1. The lowest BCUT2D eigenvalue weighted by molar-refractivity contribution is 0.146. The molecule has 36 heavy (non-hydrogen) atoms. The van der Waals surface area contributed by atoms with Gasteiger partial charge in [0, 0.05) is 24.3 Å². The first-order valence-corrected chi connectivity index (χ1v) is 13.1. The van der Waals surface area contributed by atoms with Crippen molar-refractivity contribution in [3.05, 3.63) is 53.6 Å². The van der Waals surface area contributed by atoms with Crippen LogP contribution in [0.5, 0.6) is 5.88 Å². The van der Waals surface area contributed by atoms with E-state index in [4.69, 9.17) is 10.5 Å². The molecule has 0 spiro atoms. The molecule has 3 heterocycles. The summed E-state index contributed by atoms with van der Waals surface area (Å²) in [5.74, 6) is -0.394. The van der Waals surface area contributed by atoms with Crippen molar-refractivity contribution < 1.29 is 26.3 Å². The lowest BCUT2D eigenvalue weighted by Gasteiger charge is -2.30. The number of aryl methyl sites for hydroxylation is 1. The van der Waals surface area contributed by atoms with E-state index < -0.39 is 28.0 Å². The summed E-state index contributed by atoms with van der Waals surface area (Å²) >= 11 is 0. The summed E-state index contributed by atoms with van der Waals surface area (Å²) in [6.45, 7) is 2.58. The summed E-state index contributed by atoms with van der Waals surface area (Å²) in [4.78, 5) is 12.5. The third kappa shape index (κ3) is 5.93. The number of aromatic nitrogens is 3. The minimum Gasteiger partial charge on any atom is -0.477 e. The molecule has 0 unspecified atom stereocenters. The second-order valence-corrected chi connectivity index (χ2v) is 10.7. The van der Waals surface area contributed by atoms with Gasteiger partial charge in [0.2, 0.25) is 21.9 Å². The fourth-order valence-electron chi connectivity index (χ4n) is 4.19. The molecular formula is C24H26F3N5O3S. The van der Waals surface area contributed by atoms with Gasteiger partial charge in [-0.1, -0.05) is 0 Å². The van der Waals surface area contributed by atoms with Crippen molar-refractivity contribution in [2.75, 3.05) is 31.7 Å². The van der Waals surface area contributed by atoms with E-state index >= 15 is 0 Å². The van der Waals surface area contributed by atoms with Crippen LogP contribution in [0.15, 0.2) is 36.4 Å². The third-order valence-corrected chi connectivity index (χ3v) is 7.30. The Labute approximate surface area is 207 Å². The first-order valence-electron chi connectivity index (χ1n) is 11.3. The average Bonchev–Trinajstić information content (AvgIpc) is 2.82. The molecule has 1 aromatic carbocycles. The maximum Gasteiger partial charge on any atom is 0.280 e. The first kappa shape index (κ1) is 25.8. The molecule has 0 radical (unpaired) electrons. The topological polar surface area (TPSA) is 111 Å². The van der Waals surface area contributed by atoms with Crippen molar-refractivity contribution >= 4 is 16.0 Å². The Morgan fingerprint density at radius 2 is 1.75 bits per heavy atom. The van der Waals surface area contributed by atoms with Crippen LogP contribution in [-0.2, 0) is 10.0 Å². The first-order chi connectivity index (χ1) is 17.0. The van der Waals surface area contributed by atoms with Gasteiger partial charge in [-0.05, 0) is 67.6 Å². The number of piperidine rings is 1. The molecule has 1 aliphatic rings. The van der Waals surface area contributed by atoms with Gasteiger partial charge in [-0.25, -0.2) is 30.9 Å². The number of pyridine rings is 1. The van der Waals surface area contributed by atoms with Crippen molar-refractivity contribution in [2.45, 2.75) is 26.2 Å². The SMILES string of the molecule is Cc1cc(-c2c(OCC3CCN(S(C)(=O)=O)CC3)nc(N)nc2-c2ccc(F)cc2)cc(C(F)F)n1. The summed E-state index contributed by atoms with van der Waals surface area (Å²) in [5.41, 5.74) is 7.42. The molecule has 1 fully saturated rings. The van der Waals surface area contributed by atoms with Gasteiger partial charge in [-0.2, -0.15) is 4.98 Å². The zero-order valence-electron chi connectivity index (χ0n) is 19.8. The number of rotatable bonds is 7. The van der Waals surface area contributed by atoms with Crippen LogP contribution >= 0.6 is 0 Å². The summed E-state index contributed by atoms with van der Waals surface area (Å²) in [5, 5.41) is 0. The summed E-state index contributed by atoms with van der Waals surface area (Å²) < 4.78 is 71.8. The molecule has 0 saturated carbocycles. The number of nitrogen functional groups attached to an aromatic ring is 1. The van der Waals surface area contributed by atoms with Gasteiger partial charge in [-0.15, -0.1) is 0 Å². The van der Waals surface area contributed by atoms with Crippen LogP contribution in [0.4, 0.5) is 19.1 Å². The van der Waals surface area contributed by atoms with Gasteiger partial charge in [-0.3, -0.25) is 4.98 Å². The van der Waals surface area contributed by atoms with Gasteiger partial charge < -0.3 is 10.5 Å². The smallest absolute Gasteiger partial charge is 0.280 e. The van der Waals surface area contributed by atoms with Gasteiger partial charge in [0.25, 0.3) is 6.43 Å². The van der Waals surface area contributed by atoms with Crippen LogP contribution < -0.4 is 10.5 Å². The lowest BCUT2D eigenvalue weighted by atomic mass is 9.98. The highest BCUT2D eigenvalue weighted by atomic mass is 32.2. The number of nitrogens with two attached hydrogens (primary N) is 1. The summed E-state index contributed by atoms with van der Waals surface area (Å²) in [6, 6.07) is 8.40. The highest BCUT2D eigenvalue weighted by Crippen LogP contribution is 2.39. The molecule has 2 aromatic heterocycles. The molecule has 0 atom stereocenters. The molecule has 1 saturated heterocycles. The number of nitrogens with zero attached hydrogens (tertiary/aromatic N) is 4. The minimum atomic E-state index is -3.26. The second-order valence-electron chi connectivity index (χ2n) is 8.76. The van der Waals surface area contributed by atoms with Crippen LogP contribution in [-0.4, -0.2) is 53.6 Å². The van der Waals surface area contributed by atoms with Crippen molar-refractivity contribution in [3.8, 4) is 28.3 Å². The Morgan fingerprint density at radius 3 is 2.36 bits per heavy atom. The fourth-order valence-corrected chi connectivity index (χ4v) is 5.07. The van der Waals surface area contributed by atoms with Crippen molar-refractivity contribution in [2.24, 2.45) is 5.92 Å². The normalized spacial score (nSPS) is 15.4. The minimum absolute atomic E-state index is 0.0529. The predicted molar refractivity (Wildman–Crippen MR) is 129 cm³/mol. The van der Waals surface area contributed by atoms with E-state index in [-0.39, 0.29) is 24.4 Å². The number of hydrogen-bond acceptors (Lipinski definition) is 7. The quantitative estimate of drug-likeness (QED) is 0.495. The van der Waals surface area contributed by atoms with Gasteiger partial charge in [0.05, 0.1) is 24.1 Å². The highest BCUT2D eigenvalue weighted by molar-refractivity contribution is 7.88. The number of ether oxygens (including phenoxy) is 1. The van der Waals surface area contributed by atoms with Crippen LogP contribution in [0.3, 0.4) is 0 Å². The zero-order valence-corrected chi connectivity index (χ0v) is 20.6. The number of benzene rings is 1. The largest absolute Gasteiger partial charge is 0.477 e. The van der Waals surface area contributed by atoms with E-state index in [1.807, 2.05) is 0 Å². The van der Waals surface area contributed by atoms with Crippen LogP contribution in [0.2, 0.25) is 0 Å². The molecule has 12 heteroatoms. The average molecular weight is 522 g/mol. The summed E-state index contributed by atoms with van der Waals surface area (Å²) in [6.07, 6.45) is -0.423. The Kier molecular flexibility index (Phi) is 7.46. The Hall–Kier alpha value is -3.25. The van der Waals surface area contributed by atoms with E-state index in [9.17, 15) is 21.6 Å². The standard InChI is InChI=1S/C24H26F3N5O3S/c1-14-11-17(12-19(29-14)22(26)27)20-21(16-3-5-18(25)6-4-16)30-24(28)31-23(20)35-13-15-7-9-32(10-8-15)36(2,33)34/h3-6,11-12,15,22H,7-10,13H2,1-2H3,(H2,28,30,31). The predicted octanol–water partition coefficient (Wildman–Crippen LogP) is 4.22. The molecule has 192 valence electrons. The molecule has 0 bridgehead atoms. The van der Waals surface area contributed by atoms with Gasteiger partial charge in [0.15, 0.2) is 0 Å². The molecule has 0 aliphatic carbocycles. The molecule has 3 aromatic rings. The van der Waals surface area contributed by atoms with Crippen LogP contribution in [0.25, 0.3) is 22.4 Å². The maximum atomic E-state index is 13.6. The van der Waals surface area contributed by atoms with Crippen molar-refractivity contribution in [3.63, 3.8) is 0 Å². The number of alkyl halides is 2. The monoisotopic (exact) mass is 521 g/mol. The molecule has 0 amide bonds. The summed E-state index contributed by atoms with van der Waals surface area (Å²) in [7, 11) is -3.26. The Morgan fingerprint density at radius 1 is 1.08 bits per heavy atom. The highest BCUT2D eigenvalue weighted by Gasteiger charge is 2.27. The molecule has 4 rings (SSSR count). The fraction of sp³-hybridized carbons (Fsp3) is 0.375. The van der Waals surface area contributed by atoms with Crippen molar-refractivity contribution in [1.29, 1.82) is 0 Å². The van der Waals surface area contributed by atoms with E-state index in [1.165, 1.54) is 40.9 Å². The second kappa shape index (κ2) is 10.4. The van der Waals surface area contributed by atoms with Gasteiger partial charge >= 0.3 is 0 Å². The van der Waals surface area contributed by atoms with E-state index in [0.29, 0.717) is 54.0 Å². The van der Waals surface area contributed by atoms with E-state index in [2.05, 4.69) is 15.0 Å². The van der Waals surface area contributed by atoms with Gasteiger partial charge in [0.1, 0.15) is 11.5 Å². The van der Waals surface area contributed by atoms with Crippen molar-refractivity contribution in [1.82, 2.24) is 19.3 Å². The Bertz CT molecular complexity index is 1350. The molecule has 2 N–H and O–H groups in total. The molecule has 8 nitrogen and oxygen atoms in total. The number of hydrogen-bond donors (Lipinski definition) is 1.